The highest BCUT2D eigenvalue weighted by Crippen LogP contribution is 2.25. The molecule has 1 heterocycles. The SMILES string of the molecule is Cc1cc(OCCOC(C)C)ccc1N1CCCNCC1. The first-order chi connectivity index (χ1) is 10.2. The van der Waals surface area contributed by atoms with E-state index in [1.165, 1.54) is 17.7 Å². The molecule has 0 unspecified atom stereocenters. The number of hydrogen-bond acceptors (Lipinski definition) is 4. The summed E-state index contributed by atoms with van der Waals surface area (Å²) in [6.07, 6.45) is 1.46. The van der Waals surface area contributed by atoms with E-state index in [2.05, 4.69) is 35.3 Å². The van der Waals surface area contributed by atoms with E-state index < -0.39 is 0 Å². The molecule has 21 heavy (non-hydrogen) atoms. The third-order valence-corrected chi connectivity index (χ3v) is 3.65. The van der Waals surface area contributed by atoms with E-state index in [0.29, 0.717) is 13.2 Å². The Kier molecular flexibility index (Phi) is 6.33. The van der Waals surface area contributed by atoms with Crippen LogP contribution in [0.2, 0.25) is 0 Å². The maximum atomic E-state index is 5.75. The van der Waals surface area contributed by atoms with E-state index in [1.54, 1.807) is 0 Å². The van der Waals surface area contributed by atoms with Crippen LogP contribution in [-0.4, -0.2) is 45.5 Å². The molecule has 118 valence electrons. The van der Waals surface area contributed by atoms with E-state index in [9.17, 15) is 0 Å². The molecule has 0 amide bonds. The van der Waals surface area contributed by atoms with Crippen molar-refractivity contribution in [1.82, 2.24) is 5.32 Å². The van der Waals surface area contributed by atoms with Gasteiger partial charge in [-0.25, -0.2) is 0 Å². The average Bonchev–Trinajstić information content (AvgIpc) is 2.72. The molecule has 2 rings (SSSR count). The molecule has 0 aliphatic carbocycles. The van der Waals surface area contributed by atoms with E-state index in [1.807, 2.05) is 13.8 Å². The van der Waals surface area contributed by atoms with E-state index in [-0.39, 0.29) is 6.10 Å². The van der Waals surface area contributed by atoms with Crippen LogP contribution in [0.5, 0.6) is 5.75 Å². The average molecular weight is 292 g/mol. The summed E-state index contributed by atoms with van der Waals surface area (Å²) in [6, 6.07) is 6.37. The molecule has 1 aromatic carbocycles. The van der Waals surface area contributed by atoms with Gasteiger partial charge in [0, 0.05) is 25.3 Å². The van der Waals surface area contributed by atoms with Crippen LogP contribution in [0.4, 0.5) is 5.69 Å². The van der Waals surface area contributed by atoms with Gasteiger partial charge in [0.1, 0.15) is 12.4 Å². The van der Waals surface area contributed by atoms with Crippen molar-refractivity contribution in [3.63, 3.8) is 0 Å². The van der Waals surface area contributed by atoms with Crippen molar-refractivity contribution in [2.24, 2.45) is 0 Å². The summed E-state index contributed by atoms with van der Waals surface area (Å²) in [5.74, 6) is 0.927. The fourth-order valence-corrected chi connectivity index (χ4v) is 2.60. The number of hydrogen-bond donors (Lipinski definition) is 1. The number of ether oxygens (including phenoxy) is 2. The molecule has 4 heteroatoms. The molecule has 0 atom stereocenters. The van der Waals surface area contributed by atoms with Crippen LogP contribution in [0.3, 0.4) is 0 Å². The van der Waals surface area contributed by atoms with Crippen molar-refractivity contribution >= 4 is 5.69 Å². The molecule has 1 N–H and O–H groups in total. The molecular weight excluding hydrogens is 264 g/mol. The summed E-state index contributed by atoms with van der Waals surface area (Å²) in [7, 11) is 0. The molecule has 1 saturated heterocycles. The van der Waals surface area contributed by atoms with Crippen molar-refractivity contribution in [1.29, 1.82) is 0 Å². The highest BCUT2D eigenvalue weighted by molar-refractivity contribution is 5.56. The summed E-state index contributed by atoms with van der Waals surface area (Å²) in [5.41, 5.74) is 2.60. The van der Waals surface area contributed by atoms with Crippen LogP contribution >= 0.6 is 0 Å². The van der Waals surface area contributed by atoms with Gasteiger partial charge in [-0.05, 0) is 57.5 Å². The normalized spacial score (nSPS) is 16.1. The van der Waals surface area contributed by atoms with Crippen molar-refractivity contribution in [3.05, 3.63) is 23.8 Å². The van der Waals surface area contributed by atoms with Gasteiger partial charge >= 0.3 is 0 Å². The zero-order valence-corrected chi connectivity index (χ0v) is 13.5. The molecule has 0 aromatic heterocycles. The summed E-state index contributed by atoms with van der Waals surface area (Å²) in [6.45, 7) is 11.8. The second kappa shape index (κ2) is 8.25. The fraction of sp³-hybridized carbons (Fsp3) is 0.647. The van der Waals surface area contributed by atoms with Crippen LogP contribution in [-0.2, 0) is 4.74 Å². The van der Waals surface area contributed by atoms with Crippen LogP contribution in [0, 0.1) is 6.92 Å². The van der Waals surface area contributed by atoms with Gasteiger partial charge in [-0.1, -0.05) is 0 Å². The number of nitrogens with one attached hydrogen (secondary N) is 1. The molecule has 0 radical (unpaired) electrons. The van der Waals surface area contributed by atoms with Gasteiger partial charge in [-0.2, -0.15) is 0 Å². The summed E-state index contributed by atoms with van der Waals surface area (Å²) < 4.78 is 11.2. The second-order valence-corrected chi connectivity index (χ2v) is 5.81. The standard InChI is InChI=1S/C17H28N2O2/c1-14(2)20-11-12-21-16-5-6-17(15(3)13-16)19-9-4-7-18-8-10-19/h5-6,13-14,18H,4,7-12H2,1-3H3. The Hall–Kier alpha value is -1.26. The lowest BCUT2D eigenvalue weighted by Gasteiger charge is -2.24. The number of anilines is 1. The lowest BCUT2D eigenvalue weighted by Crippen LogP contribution is -2.28. The van der Waals surface area contributed by atoms with Crippen LogP contribution < -0.4 is 15.0 Å². The Labute approximate surface area is 128 Å². The van der Waals surface area contributed by atoms with Crippen molar-refractivity contribution in [3.8, 4) is 5.75 Å². The Morgan fingerprint density at radius 1 is 1.19 bits per heavy atom. The molecule has 0 bridgehead atoms. The lowest BCUT2D eigenvalue weighted by atomic mass is 10.1. The highest BCUT2D eigenvalue weighted by atomic mass is 16.5. The van der Waals surface area contributed by atoms with Gasteiger partial charge in [0.15, 0.2) is 0 Å². The minimum Gasteiger partial charge on any atom is -0.491 e. The summed E-state index contributed by atoms with van der Waals surface area (Å²) in [4.78, 5) is 2.46. The molecule has 0 saturated carbocycles. The largest absolute Gasteiger partial charge is 0.491 e. The van der Waals surface area contributed by atoms with Gasteiger partial charge in [-0.3, -0.25) is 0 Å². The Morgan fingerprint density at radius 2 is 2.05 bits per heavy atom. The maximum Gasteiger partial charge on any atom is 0.119 e. The highest BCUT2D eigenvalue weighted by Gasteiger charge is 2.12. The lowest BCUT2D eigenvalue weighted by molar-refractivity contribution is 0.0552. The van der Waals surface area contributed by atoms with Crippen molar-refractivity contribution < 1.29 is 9.47 Å². The molecule has 1 aromatic rings. The van der Waals surface area contributed by atoms with E-state index in [0.717, 1.165) is 31.9 Å². The minimum absolute atomic E-state index is 0.259. The Balaban J connectivity index is 1.90. The maximum absolute atomic E-state index is 5.75. The Bertz CT molecular complexity index is 427. The molecule has 1 aliphatic heterocycles. The molecule has 4 nitrogen and oxygen atoms in total. The van der Waals surface area contributed by atoms with Gasteiger partial charge in [-0.15, -0.1) is 0 Å². The third kappa shape index (κ3) is 5.21. The van der Waals surface area contributed by atoms with Crippen LogP contribution in [0.1, 0.15) is 25.8 Å². The Morgan fingerprint density at radius 3 is 2.81 bits per heavy atom. The zero-order valence-electron chi connectivity index (χ0n) is 13.5. The first-order valence-electron chi connectivity index (χ1n) is 7.97. The number of benzene rings is 1. The van der Waals surface area contributed by atoms with Gasteiger partial charge in [0.25, 0.3) is 0 Å². The predicted molar refractivity (Wildman–Crippen MR) is 87.5 cm³/mol. The minimum atomic E-state index is 0.259. The number of nitrogens with zero attached hydrogens (tertiary/aromatic N) is 1. The fourth-order valence-electron chi connectivity index (χ4n) is 2.60. The van der Waals surface area contributed by atoms with Gasteiger partial charge in [0.2, 0.25) is 0 Å². The molecular formula is C17H28N2O2. The molecule has 1 aliphatic rings. The monoisotopic (exact) mass is 292 g/mol. The second-order valence-electron chi connectivity index (χ2n) is 5.81. The smallest absolute Gasteiger partial charge is 0.119 e. The van der Waals surface area contributed by atoms with Crippen molar-refractivity contribution in [2.75, 3.05) is 44.3 Å². The first kappa shape index (κ1) is 16.1. The van der Waals surface area contributed by atoms with Crippen molar-refractivity contribution in [2.45, 2.75) is 33.3 Å². The zero-order chi connectivity index (χ0) is 15.1. The number of rotatable bonds is 6. The van der Waals surface area contributed by atoms with E-state index >= 15 is 0 Å². The summed E-state index contributed by atoms with van der Waals surface area (Å²) in [5, 5.41) is 3.44. The van der Waals surface area contributed by atoms with Gasteiger partial charge in [0.05, 0.1) is 12.7 Å². The van der Waals surface area contributed by atoms with Crippen LogP contribution in [0.25, 0.3) is 0 Å². The molecule has 1 fully saturated rings. The van der Waals surface area contributed by atoms with Gasteiger partial charge < -0.3 is 19.7 Å². The first-order valence-corrected chi connectivity index (χ1v) is 7.97. The predicted octanol–water partition coefficient (Wildman–Crippen LogP) is 2.60. The van der Waals surface area contributed by atoms with E-state index in [4.69, 9.17) is 9.47 Å². The quantitative estimate of drug-likeness (QED) is 0.817. The topological polar surface area (TPSA) is 33.7 Å². The summed E-state index contributed by atoms with van der Waals surface area (Å²) >= 11 is 0. The van der Waals surface area contributed by atoms with Crippen LogP contribution in [0.15, 0.2) is 18.2 Å². The third-order valence-electron chi connectivity index (χ3n) is 3.65. The molecule has 0 spiro atoms. The number of aryl methyl sites for hydroxylation is 1.